The third-order valence-electron chi connectivity index (χ3n) is 5.53. The van der Waals surface area contributed by atoms with Gasteiger partial charge in [0, 0.05) is 31.1 Å². The van der Waals surface area contributed by atoms with E-state index in [-0.39, 0.29) is 24.2 Å². The second-order valence-electron chi connectivity index (χ2n) is 8.91. The quantitative estimate of drug-likeness (QED) is 0.500. The molecule has 0 spiro atoms. The van der Waals surface area contributed by atoms with Crippen LogP contribution in [-0.2, 0) is 17.8 Å². The minimum Gasteiger partial charge on any atom is -0.444 e. The number of tetrazole rings is 1. The van der Waals surface area contributed by atoms with Gasteiger partial charge in [0.05, 0.1) is 16.5 Å². The van der Waals surface area contributed by atoms with Gasteiger partial charge in [0.15, 0.2) is 5.82 Å². The van der Waals surface area contributed by atoms with E-state index < -0.39 is 11.3 Å². The van der Waals surface area contributed by atoms with E-state index in [2.05, 4.69) is 31.5 Å². The number of piperidine rings is 1. The first-order chi connectivity index (χ1) is 15.6. The molecule has 13 heteroatoms. The number of fused-ring (bicyclic) bond motifs is 1. The summed E-state index contributed by atoms with van der Waals surface area (Å²) in [6.07, 6.45) is 0.591. The average Bonchev–Trinajstić information content (AvgIpc) is 3.36. The molecule has 1 fully saturated rings. The van der Waals surface area contributed by atoms with Crippen LogP contribution in [0.15, 0.2) is 19.4 Å². The van der Waals surface area contributed by atoms with E-state index in [9.17, 15) is 14.4 Å². The molecule has 11 nitrogen and oxygen atoms in total. The van der Waals surface area contributed by atoms with Crippen LogP contribution in [0.25, 0.3) is 10.2 Å². The van der Waals surface area contributed by atoms with Crippen molar-refractivity contribution in [3.63, 3.8) is 0 Å². The Morgan fingerprint density at radius 2 is 1.97 bits per heavy atom. The normalized spacial score (nSPS) is 15.4. The lowest BCUT2D eigenvalue weighted by atomic mass is 10.1. The molecule has 178 valence electrons. The molecule has 1 amide bonds. The fourth-order valence-electron chi connectivity index (χ4n) is 3.98. The van der Waals surface area contributed by atoms with Gasteiger partial charge in [-0.2, -0.15) is 0 Å². The maximum Gasteiger partial charge on any atom is 0.410 e. The first kappa shape index (κ1) is 23.6. The molecule has 4 heterocycles. The van der Waals surface area contributed by atoms with E-state index in [1.165, 1.54) is 15.9 Å². The van der Waals surface area contributed by atoms with Crippen molar-refractivity contribution in [2.24, 2.45) is 0 Å². The molecule has 1 aliphatic heterocycles. The molecule has 0 aliphatic carbocycles. The van der Waals surface area contributed by atoms with Crippen molar-refractivity contribution in [3.8, 4) is 0 Å². The summed E-state index contributed by atoms with van der Waals surface area (Å²) in [6.45, 7) is 8.90. The van der Waals surface area contributed by atoms with Crippen molar-refractivity contribution in [3.05, 3.63) is 36.5 Å². The zero-order valence-electron chi connectivity index (χ0n) is 18.9. The van der Waals surface area contributed by atoms with E-state index >= 15 is 0 Å². The Balaban J connectivity index is 1.69. The summed E-state index contributed by atoms with van der Waals surface area (Å²) in [5.41, 5.74) is -0.756. The van der Waals surface area contributed by atoms with Gasteiger partial charge in [0.1, 0.15) is 10.3 Å². The third-order valence-corrected chi connectivity index (χ3v) is 7.39. The van der Waals surface area contributed by atoms with Crippen molar-refractivity contribution < 1.29 is 9.53 Å². The zero-order chi connectivity index (χ0) is 23.9. The van der Waals surface area contributed by atoms with Crippen LogP contribution in [0, 0.1) is 0 Å². The number of aromatic nitrogens is 6. The van der Waals surface area contributed by atoms with Crippen molar-refractivity contribution in [1.29, 1.82) is 0 Å². The molecule has 1 saturated heterocycles. The molecule has 4 rings (SSSR count). The van der Waals surface area contributed by atoms with Crippen LogP contribution in [0.2, 0.25) is 0 Å². The lowest BCUT2D eigenvalue weighted by Crippen LogP contribution is -2.47. The van der Waals surface area contributed by atoms with Crippen LogP contribution in [0.5, 0.6) is 0 Å². The summed E-state index contributed by atoms with van der Waals surface area (Å²) < 4.78 is 11.1. The van der Waals surface area contributed by atoms with Crippen LogP contribution in [0.4, 0.5) is 4.79 Å². The SMILES string of the molecule is CCn1nnnc1Cn1c(=O)n(C2CCN(C(=O)OC(C)(C)C)CC2)c(=O)c2scc(Br)c21. The summed E-state index contributed by atoms with van der Waals surface area (Å²) in [5, 5.41) is 13.5. The molecule has 0 unspecified atom stereocenters. The van der Waals surface area contributed by atoms with E-state index in [4.69, 9.17) is 4.74 Å². The Kier molecular flexibility index (Phi) is 6.45. The van der Waals surface area contributed by atoms with Gasteiger partial charge in [-0.25, -0.2) is 14.3 Å². The van der Waals surface area contributed by atoms with Crippen molar-refractivity contribution >= 4 is 43.6 Å². The number of amides is 1. The molecule has 0 aromatic carbocycles. The van der Waals surface area contributed by atoms with Gasteiger partial charge in [0.2, 0.25) is 0 Å². The number of hydrogen-bond donors (Lipinski definition) is 0. The number of carbonyl (C=O) groups excluding carboxylic acids is 1. The molecule has 0 radical (unpaired) electrons. The van der Waals surface area contributed by atoms with E-state index in [0.29, 0.717) is 53.0 Å². The first-order valence-corrected chi connectivity index (χ1v) is 12.4. The molecular formula is C20H26BrN7O4S. The number of halogens is 1. The van der Waals surface area contributed by atoms with Crippen LogP contribution < -0.4 is 11.2 Å². The fraction of sp³-hybridized carbons (Fsp3) is 0.600. The van der Waals surface area contributed by atoms with Crippen LogP contribution >= 0.6 is 27.3 Å². The standard InChI is InChI=1S/C20H26BrN7O4S/c1-5-27-14(22-23-24-27)10-26-15-13(21)11-33-16(15)17(29)28(18(26)30)12-6-8-25(9-7-12)19(31)32-20(2,3)4/h11-12H,5-10H2,1-4H3. The van der Waals surface area contributed by atoms with E-state index in [1.807, 2.05) is 27.7 Å². The topological polar surface area (TPSA) is 117 Å². The summed E-state index contributed by atoms with van der Waals surface area (Å²) >= 11 is 4.77. The highest BCUT2D eigenvalue weighted by Crippen LogP contribution is 2.29. The number of carbonyl (C=O) groups is 1. The molecule has 3 aromatic heterocycles. The van der Waals surface area contributed by atoms with Gasteiger partial charge in [-0.1, -0.05) is 0 Å². The van der Waals surface area contributed by atoms with Gasteiger partial charge in [-0.3, -0.25) is 13.9 Å². The van der Waals surface area contributed by atoms with Gasteiger partial charge in [-0.15, -0.1) is 16.4 Å². The molecule has 3 aromatic rings. The van der Waals surface area contributed by atoms with Crippen LogP contribution in [0.3, 0.4) is 0 Å². The highest BCUT2D eigenvalue weighted by molar-refractivity contribution is 9.10. The Bertz CT molecular complexity index is 1290. The number of likely N-dealkylation sites (tertiary alicyclic amines) is 1. The Morgan fingerprint density at radius 1 is 1.27 bits per heavy atom. The Labute approximate surface area is 202 Å². The second kappa shape index (κ2) is 9.01. The maximum absolute atomic E-state index is 13.6. The van der Waals surface area contributed by atoms with Gasteiger partial charge < -0.3 is 9.64 Å². The number of aryl methyl sites for hydroxylation is 1. The van der Waals surface area contributed by atoms with Crippen molar-refractivity contribution in [2.75, 3.05) is 13.1 Å². The highest BCUT2D eigenvalue weighted by Gasteiger charge is 2.30. The average molecular weight is 540 g/mol. The predicted molar refractivity (Wildman–Crippen MR) is 127 cm³/mol. The number of hydrogen-bond acceptors (Lipinski definition) is 8. The summed E-state index contributed by atoms with van der Waals surface area (Å²) in [6, 6.07) is -0.317. The minimum absolute atomic E-state index is 0.141. The molecule has 0 N–H and O–H groups in total. The predicted octanol–water partition coefficient (Wildman–Crippen LogP) is 2.61. The third kappa shape index (κ3) is 4.60. The summed E-state index contributed by atoms with van der Waals surface area (Å²) in [4.78, 5) is 41.0. The molecular weight excluding hydrogens is 514 g/mol. The largest absolute Gasteiger partial charge is 0.444 e. The number of nitrogens with zero attached hydrogens (tertiary/aromatic N) is 7. The minimum atomic E-state index is -0.579. The summed E-state index contributed by atoms with van der Waals surface area (Å²) in [7, 11) is 0. The maximum atomic E-state index is 13.6. The Hall–Kier alpha value is -2.54. The zero-order valence-corrected chi connectivity index (χ0v) is 21.3. The first-order valence-electron chi connectivity index (χ1n) is 10.8. The lowest BCUT2D eigenvalue weighted by Gasteiger charge is -2.34. The van der Waals surface area contributed by atoms with E-state index in [0.717, 1.165) is 0 Å². The molecule has 0 bridgehead atoms. The smallest absolute Gasteiger partial charge is 0.410 e. The van der Waals surface area contributed by atoms with Crippen molar-refractivity contribution in [1.82, 2.24) is 34.2 Å². The second-order valence-corrected chi connectivity index (χ2v) is 10.6. The van der Waals surface area contributed by atoms with Crippen LogP contribution in [-0.4, -0.2) is 59.0 Å². The molecule has 0 atom stereocenters. The van der Waals surface area contributed by atoms with Gasteiger partial charge >= 0.3 is 11.8 Å². The number of rotatable bonds is 4. The van der Waals surface area contributed by atoms with Gasteiger partial charge in [0.25, 0.3) is 5.56 Å². The number of ether oxygens (including phenoxy) is 1. The molecule has 0 saturated carbocycles. The fourth-order valence-corrected chi connectivity index (χ4v) is 5.67. The monoisotopic (exact) mass is 539 g/mol. The molecule has 1 aliphatic rings. The number of thiophene rings is 1. The van der Waals surface area contributed by atoms with E-state index in [1.54, 1.807) is 19.5 Å². The Morgan fingerprint density at radius 3 is 2.61 bits per heavy atom. The van der Waals surface area contributed by atoms with Crippen LogP contribution in [0.1, 0.15) is 52.4 Å². The molecule has 33 heavy (non-hydrogen) atoms. The summed E-state index contributed by atoms with van der Waals surface area (Å²) in [5.74, 6) is 0.531. The lowest BCUT2D eigenvalue weighted by molar-refractivity contribution is 0.0186. The van der Waals surface area contributed by atoms with Crippen molar-refractivity contribution in [2.45, 2.75) is 65.3 Å². The van der Waals surface area contributed by atoms with Gasteiger partial charge in [-0.05, 0) is 66.9 Å². The highest BCUT2D eigenvalue weighted by atomic mass is 79.9.